The van der Waals surface area contributed by atoms with Crippen molar-refractivity contribution in [3.8, 4) is 22.3 Å². The molecule has 0 heterocycles. The van der Waals surface area contributed by atoms with Gasteiger partial charge in [-0.25, -0.2) is 0 Å². The van der Waals surface area contributed by atoms with Crippen molar-refractivity contribution in [1.29, 1.82) is 0 Å². The second kappa shape index (κ2) is 30.8. The van der Waals surface area contributed by atoms with E-state index in [1.807, 2.05) is 0 Å². The van der Waals surface area contributed by atoms with Crippen LogP contribution in [-0.2, 0) is 20.8 Å². The van der Waals surface area contributed by atoms with Crippen molar-refractivity contribution < 1.29 is 20.8 Å². The summed E-state index contributed by atoms with van der Waals surface area (Å²) in [5.74, 6) is 0. The van der Waals surface area contributed by atoms with Crippen LogP contribution in [0.15, 0.2) is 146 Å². The molecular weight excluding hydrogens is 1130 g/mol. The summed E-state index contributed by atoms with van der Waals surface area (Å²) in [4.78, 5) is 0. The predicted octanol–water partition coefficient (Wildman–Crippen LogP) is 22.3. The normalized spacial score (nSPS) is 11.4. The molecule has 12 heteroatoms. The molecule has 0 nitrogen and oxygen atoms in total. The van der Waals surface area contributed by atoms with Gasteiger partial charge in [0.25, 0.3) is 0 Å². The zero-order valence-corrected chi connectivity index (χ0v) is 50.7. The molecule has 8 aromatic carbocycles. The molecule has 358 valence electrons. The monoisotopic (exact) mass is 1190 g/mol. The van der Waals surface area contributed by atoms with E-state index in [-0.39, 0.29) is 0 Å². The molecule has 0 saturated carbocycles. The topological polar surface area (TPSA) is 0 Å². The molecule has 0 spiro atoms. The maximum absolute atomic E-state index is 5.87. The standard InChI is InChI=1S/2C20H15.C16H32Cl6Si3.2ClH.Zr/c2*1-14-12-16-8-5-11-19(20(16)13-14)18-10-4-7-15-6-2-3-9-17(15)18;17-24(18,19)15-11-7-3-1-5-9-13-23-14-10-6-2-4-8-12-16-25(20,21)22;;;/h2*2-13H,1H3;1-16H2;2*1H;/q2*-1;;;;+4/p-2. The summed E-state index contributed by atoms with van der Waals surface area (Å²) in [5.41, 5.74) is 7.94. The van der Waals surface area contributed by atoms with E-state index in [0.29, 0.717) is 0 Å². The summed E-state index contributed by atoms with van der Waals surface area (Å²) < 4.78 is 0. The zero-order valence-electron chi connectivity index (χ0n) is 39.2. The average molecular weight is 1190 g/mol. The Labute approximate surface area is 458 Å². The van der Waals surface area contributed by atoms with E-state index in [9.17, 15) is 0 Å². The van der Waals surface area contributed by atoms with Gasteiger partial charge in [-0.3, -0.25) is 0 Å². The van der Waals surface area contributed by atoms with Gasteiger partial charge in [-0.15, -0.1) is 136 Å². The van der Waals surface area contributed by atoms with Crippen LogP contribution < -0.4 is 0 Å². The maximum atomic E-state index is 5.87. The van der Waals surface area contributed by atoms with Crippen LogP contribution in [-0.4, -0.2) is 21.5 Å². The fourth-order valence-electron chi connectivity index (χ4n) is 8.85. The Balaban J connectivity index is 0.000000186. The molecule has 8 aromatic rings. The van der Waals surface area contributed by atoms with Crippen LogP contribution in [0.3, 0.4) is 0 Å². The Morgan fingerprint density at radius 2 is 0.706 bits per heavy atom. The molecule has 68 heavy (non-hydrogen) atoms. The van der Waals surface area contributed by atoms with Crippen LogP contribution >= 0.6 is 83.5 Å². The van der Waals surface area contributed by atoms with Crippen molar-refractivity contribution >= 4 is 148 Å². The SMILES string of the molecule is Cc1cc2c(-c3cccc4ccccc34)cccc2[cH-]1.Cc1cc2c(-c3cccc4ccccc34)cccc2[cH-]1.Cl[Si](Cl)(Cl)CCCCCCCC[Si]CCCCCCCC[Si](Cl)(Cl)Cl.[Cl][Zr+2][Cl]. The van der Waals surface area contributed by atoms with Crippen LogP contribution in [0, 0.1) is 13.8 Å². The third-order valence-corrected chi connectivity index (χ3v) is 18.7. The quantitative estimate of drug-likeness (QED) is 0.0309. The van der Waals surface area contributed by atoms with E-state index in [1.165, 1.54) is 153 Å². The molecule has 0 aromatic heterocycles. The number of unbranched alkanes of at least 4 members (excludes halogenated alkanes) is 10. The van der Waals surface area contributed by atoms with Crippen molar-refractivity contribution in [3.05, 3.63) is 157 Å². The van der Waals surface area contributed by atoms with Crippen molar-refractivity contribution in [2.75, 3.05) is 0 Å². The Morgan fingerprint density at radius 1 is 0.397 bits per heavy atom. The number of halogens is 8. The first-order valence-electron chi connectivity index (χ1n) is 23.9. The van der Waals surface area contributed by atoms with Crippen LogP contribution in [0.2, 0.25) is 24.2 Å². The van der Waals surface area contributed by atoms with Crippen molar-refractivity contribution in [3.63, 3.8) is 0 Å². The molecule has 0 aliphatic carbocycles. The van der Waals surface area contributed by atoms with E-state index in [0.717, 1.165) is 34.4 Å². The van der Waals surface area contributed by atoms with E-state index in [4.69, 9.17) is 83.5 Å². The van der Waals surface area contributed by atoms with Crippen molar-refractivity contribution in [1.82, 2.24) is 0 Å². The van der Waals surface area contributed by atoms with Crippen LogP contribution in [0.1, 0.15) is 88.2 Å². The number of benzene rings is 6. The molecule has 0 aliphatic heterocycles. The molecule has 2 radical (unpaired) electrons. The van der Waals surface area contributed by atoms with Crippen LogP contribution in [0.5, 0.6) is 0 Å². The molecule has 0 aliphatic rings. The Hall–Kier alpha value is -1.09. The van der Waals surface area contributed by atoms with Crippen molar-refractivity contribution in [2.24, 2.45) is 0 Å². The van der Waals surface area contributed by atoms with Gasteiger partial charge in [0.15, 0.2) is 0 Å². The predicted molar refractivity (Wildman–Crippen MR) is 313 cm³/mol. The van der Waals surface area contributed by atoms with Gasteiger partial charge in [0.1, 0.15) is 0 Å². The molecule has 0 atom stereocenters. The van der Waals surface area contributed by atoms with E-state index >= 15 is 0 Å². The second-order valence-electron chi connectivity index (χ2n) is 17.5. The van der Waals surface area contributed by atoms with Gasteiger partial charge >= 0.3 is 49.9 Å². The Morgan fingerprint density at radius 3 is 1.09 bits per heavy atom. The number of rotatable bonds is 20. The molecule has 8 rings (SSSR count). The number of aryl methyl sites for hydroxylation is 2. The fourth-order valence-corrected chi connectivity index (χ4v) is 13.8. The van der Waals surface area contributed by atoms with Crippen LogP contribution in [0.4, 0.5) is 0 Å². The van der Waals surface area contributed by atoms with Gasteiger partial charge in [-0.05, 0) is 44.8 Å². The molecule has 0 N–H and O–H groups in total. The summed E-state index contributed by atoms with van der Waals surface area (Å²) in [6.07, 6.45) is 15.4. The van der Waals surface area contributed by atoms with E-state index < -0.39 is 32.9 Å². The molecule has 0 unspecified atom stereocenters. The van der Waals surface area contributed by atoms with Gasteiger partial charge in [0.2, 0.25) is 0 Å². The third-order valence-electron chi connectivity index (χ3n) is 12.1. The van der Waals surface area contributed by atoms with Gasteiger partial charge in [-0.2, -0.15) is 12.1 Å². The van der Waals surface area contributed by atoms with Gasteiger partial charge < -0.3 is 0 Å². The summed E-state index contributed by atoms with van der Waals surface area (Å²) in [6.45, 7) is 4.32. The van der Waals surface area contributed by atoms with E-state index in [1.54, 1.807) is 0 Å². The molecular formula is C56H62Cl8Si3Zr. The fraction of sp³-hybridized carbons (Fsp3) is 0.321. The number of hydrogen-bond donors (Lipinski definition) is 0. The minimum atomic E-state index is -2.37. The number of fused-ring (bicyclic) bond motifs is 4. The zero-order chi connectivity index (χ0) is 48.8. The third kappa shape index (κ3) is 20.1. The number of hydrogen-bond acceptors (Lipinski definition) is 0. The summed E-state index contributed by atoms with van der Waals surface area (Å²) in [6, 6.07) is 52.2. The minimum absolute atomic E-state index is 0.813. The molecule has 0 fully saturated rings. The average Bonchev–Trinajstić information content (AvgIpc) is 3.90. The Kier molecular flexibility index (Phi) is 26.2. The summed E-state index contributed by atoms with van der Waals surface area (Å²) in [7, 11) is 11.0. The first-order chi connectivity index (χ1) is 32.8. The van der Waals surface area contributed by atoms with Gasteiger partial charge in [-0.1, -0.05) is 211 Å². The van der Waals surface area contributed by atoms with Gasteiger partial charge in [0.05, 0.1) is 0 Å². The van der Waals surface area contributed by atoms with Crippen molar-refractivity contribution in [2.45, 2.75) is 115 Å². The van der Waals surface area contributed by atoms with Crippen LogP contribution in [0.25, 0.3) is 65.3 Å². The molecule has 0 saturated heterocycles. The molecule has 0 bridgehead atoms. The summed E-state index contributed by atoms with van der Waals surface area (Å²) in [5, 5.41) is 10.6. The molecule has 0 amide bonds. The Bertz CT molecular complexity index is 2510. The first-order valence-corrected chi connectivity index (χ1v) is 42.1. The second-order valence-corrected chi connectivity index (χ2v) is 41.3. The van der Waals surface area contributed by atoms with Gasteiger partial charge in [0, 0.05) is 9.52 Å². The van der Waals surface area contributed by atoms with E-state index in [2.05, 4.69) is 159 Å². The first kappa shape index (κ1) is 57.8. The summed E-state index contributed by atoms with van der Waals surface area (Å²) >= 11 is 34.4.